The van der Waals surface area contributed by atoms with Crippen LogP contribution in [0, 0.1) is 0 Å². The van der Waals surface area contributed by atoms with Crippen LogP contribution in [-0.2, 0) is 22.4 Å². The van der Waals surface area contributed by atoms with Crippen molar-refractivity contribution in [2.75, 3.05) is 25.3 Å². The van der Waals surface area contributed by atoms with Crippen molar-refractivity contribution in [1.29, 1.82) is 0 Å². The van der Waals surface area contributed by atoms with Gasteiger partial charge in [-0.05, 0) is 53.1 Å². The first-order valence-electron chi connectivity index (χ1n) is 12.4. The second kappa shape index (κ2) is 11.9. The molecule has 1 unspecified atom stereocenters. The summed E-state index contributed by atoms with van der Waals surface area (Å²) >= 11 is 2.62. The number of hydrogen-bond acceptors (Lipinski definition) is 9. The van der Waals surface area contributed by atoms with Gasteiger partial charge < -0.3 is 24.4 Å². The molecule has 2 aromatic carbocycles. The van der Waals surface area contributed by atoms with E-state index in [1.54, 1.807) is 31.4 Å². The van der Waals surface area contributed by atoms with Gasteiger partial charge in [0, 0.05) is 29.2 Å². The minimum Gasteiger partial charge on any atom is -0.538 e. The molecular weight excluding hydrogens is 538 g/mol. The van der Waals surface area contributed by atoms with Gasteiger partial charge in [0.15, 0.2) is 5.95 Å². The van der Waals surface area contributed by atoms with Crippen LogP contribution in [0.1, 0.15) is 45.1 Å². The highest BCUT2D eigenvalue weighted by Gasteiger charge is 2.31. The second-order valence-electron chi connectivity index (χ2n) is 8.97. The number of carbonyl (C=O) groups is 2. The monoisotopic (exact) mass is 565 g/mol. The number of ether oxygens (including phenoxy) is 2. The average molecular weight is 566 g/mol. The van der Waals surface area contributed by atoms with Gasteiger partial charge in [0.05, 0.1) is 25.1 Å². The Morgan fingerprint density at radius 1 is 1.18 bits per heavy atom. The number of fused-ring (bicyclic) bond motifs is 1. The van der Waals surface area contributed by atoms with E-state index in [2.05, 4.69) is 22.7 Å². The molecule has 5 rings (SSSR count). The third kappa shape index (κ3) is 5.79. The van der Waals surface area contributed by atoms with E-state index in [1.807, 2.05) is 18.2 Å². The van der Waals surface area contributed by atoms with Crippen LogP contribution >= 0.6 is 23.1 Å². The maximum absolute atomic E-state index is 12.9. The van der Waals surface area contributed by atoms with Gasteiger partial charge in [-0.3, -0.25) is 4.79 Å². The highest BCUT2D eigenvalue weighted by Crippen LogP contribution is 2.42. The number of methoxy groups -OCH3 is 2. The number of rotatable bonds is 9. The Bertz CT molecular complexity index is 1470. The van der Waals surface area contributed by atoms with Gasteiger partial charge in [0.2, 0.25) is 11.6 Å². The van der Waals surface area contributed by atoms with Crippen molar-refractivity contribution in [2.45, 2.75) is 36.6 Å². The first kappa shape index (κ1) is 26.8. The first-order chi connectivity index (χ1) is 19.0. The molecule has 2 aromatic heterocycles. The fourth-order valence-corrected chi connectivity index (χ4v) is 6.91. The van der Waals surface area contributed by atoms with Crippen molar-refractivity contribution < 1.29 is 33.4 Å². The van der Waals surface area contributed by atoms with Gasteiger partial charge >= 0.3 is 5.97 Å². The van der Waals surface area contributed by atoms with Crippen molar-refractivity contribution >= 4 is 40.0 Å². The number of carbonyl (C=O) groups excluding carboxylic acids is 2. The lowest BCUT2D eigenvalue weighted by Crippen LogP contribution is -2.34. The van der Waals surface area contributed by atoms with Crippen LogP contribution in [0.25, 0.3) is 5.69 Å². The number of benzene rings is 2. The first-order valence-corrected chi connectivity index (χ1v) is 14.2. The van der Waals surface area contributed by atoms with E-state index in [0.717, 1.165) is 29.7 Å². The zero-order valence-electron chi connectivity index (χ0n) is 21.5. The Kier molecular flexibility index (Phi) is 8.18. The summed E-state index contributed by atoms with van der Waals surface area (Å²) in [5.74, 6) is 0.0659. The molecule has 0 spiro atoms. The van der Waals surface area contributed by atoms with Crippen LogP contribution in [0.15, 0.2) is 64.1 Å². The predicted octanol–water partition coefficient (Wildman–Crippen LogP) is 4.28. The smallest absolute Gasteiger partial charge is 0.341 e. The molecule has 0 radical (unpaired) electrons. The Labute approximate surface area is 233 Å². The molecule has 1 amide bonds. The fraction of sp³-hybridized carbons (Fsp3) is 0.286. The number of nitrogens with one attached hydrogen (secondary N) is 1. The number of amides is 1. The topological polar surface area (TPSA) is 118 Å². The minimum absolute atomic E-state index is 0.119. The van der Waals surface area contributed by atoms with Crippen molar-refractivity contribution in [1.82, 2.24) is 5.27 Å². The van der Waals surface area contributed by atoms with Crippen LogP contribution in [0.3, 0.4) is 0 Å². The lowest BCUT2D eigenvalue weighted by molar-refractivity contribution is -0.705. The molecule has 39 heavy (non-hydrogen) atoms. The molecule has 0 fully saturated rings. The number of aromatic nitrogens is 2. The van der Waals surface area contributed by atoms with Gasteiger partial charge in [0.25, 0.3) is 5.03 Å². The number of thioether (sulfide) groups is 1. The molecule has 202 valence electrons. The molecule has 9 nitrogen and oxygen atoms in total. The molecule has 1 atom stereocenters. The average Bonchev–Trinajstić information content (AvgIpc) is 3.52. The summed E-state index contributed by atoms with van der Waals surface area (Å²) in [7, 11) is 2.92. The van der Waals surface area contributed by atoms with E-state index in [4.69, 9.17) is 14.0 Å². The molecule has 1 aliphatic carbocycles. The summed E-state index contributed by atoms with van der Waals surface area (Å²) in [6, 6.07) is 17.4. The van der Waals surface area contributed by atoms with Gasteiger partial charge in [-0.2, -0.15) is 0 Å². The van der Waals surface area contributed by atoms with Gasteiger partial charge in [-0.25, -0.2) is 4.79 Å². The van der Waals surface area contributed by atoms with Gasteiger partial charge in [0.1, 0.15) is 10.8 Å². The maximum atomic E-state index is 12.9. The van der Waals surface area contributed by atoms with Crippen LogP contribution in [0.5, 0.6) is 11.7 Å². The van der Waals surface area contributed by atoms with E-state index in [9.17, 15) is 14.7 Å². The van der Waals surface area contributed by atoms with E-state index < -0.39 is 11.9 Å². The highest BCUT2D eigenvalue weighted by atomic mass is 32.2. The van der Waals surface area contributed by atoms with Crippen molar-refractivity contribution in [3.63, 3.8) is 0 Å². The Morgan fingerprint density at radius 2 is 1.95 bits per heavy atom. The van der Waals surface area contributed by atoms with E-state index >= 15 is 0 Å². The van der Waals surface area contributed by atoms with Crippen LogP contribution in [-0.4, -0.2) is 37.1 Å². The maximum Gasteiger partial charge on any atom is 0.341 e. The largest absolute Gasteiger partial charge is 0.538 e. The normalized spacial score (nSPS) is 14.5. The van der Waals surface area contributed by atoms with Crippen LogP contribution in [0.2, 0.25) is 0 Å². The SMILES string of the molecule is COC(=O)c1c(NC(=O)CCSc2c([O-])on[n+]2-c2ccc(OC)cc2)sc2c1CCC(c1ccccc1)C2. The molecule has 0 saturated carbocycles. The molecule has 0 saturated heterocycles. The van der Waals surface area contributed by atoms with E-state index in [1.165, 1.54) is 40.5 Å². The van der Waals surface area contributed by atoms with E-state index in [0.29, 0.717) is 33.7 Å². The fourth-order valence-electron chi connectivity index (χ4n) is 4.68. The standard InChI is InChI=1S/C28H27N3O6S2/c1-35-20-11-9-19(10-12-20)31-26(28(34)37-30-31)38-15-14-23(32)29-25-24(27(33)36-2)21-13-8-18(16-22(21)39-25)17-6-4-3-5-7-17/h3-7,9-12,18H,8,13-16H2,1-2H3,(H-,29,30,32,33,34). The van der Waals surface area contributed by atoms with Crippen molar-refractivity contribution in [3.8, 4) is 17.4 Å². The highest BCUT2D eigenvalue weighted by molar-refractivity contribution is 7.99. The molecule has 1 aliphatic rings. The van der Waals surface area contributed by atoms with Crippen LogP contribution in [0.4, 0.5) is 5.00 Å². The summed E-state index contributed by atoms with van der Waals surface area (Å²) in [6.07, 6.45) is 2.59. The van der Waals surface area contributed by atoms with E-state index in [-0.39, 0.29) is 17.4 Å². The molecule has 4 aromatic rings. The minimum atomic E-state index is -0.580. The zero-order chi connectivity index (χ0) is 27.4. The Morgan fingerprint density at radius 3 is 2.67 bits per heavy atom. The number of hydrogen-bond donors (Lipinski definition) is 1. The van der Waals surface area contributed by atoms with Gasteiger partial charge in [-0.1, -0.05) is 42.1 Å². The molecule has 1 N–H and O–H groups in total. The summed E-state index contributed by atoms with van der Waals surface area (Å²) in [5.41, 5.74) is 3.32. The molecule has 0 aliphatic heterocycles. The zero-order valence-corrected chi connectivity index (χ0v) is 23.1. The van der Waals surface area contributed by atoms with Gasteiger partial charge in [-0.15, -0.1) is 11.3 Å². The lowest BCUT2D eigenvalue weighted by atomic mass is 9.83. The molecular formula is C28H27N3O6S2. The quantitative estimate of drug-likeness (QED) is 0.182. The molecule has 0 bridgehead atoms. The third-order valence-corrected chi connectivity index (χ3v) is 8.83. The van der Waals surface area contributed by atoms with Crippen molar-refractivity contribution in [3.05, 3.63) is 76.2 Å². The molecule has 2 heterocycles. The summed E-state index contributed by atoms with van der Waals surface area (Å²) in [6.45, 7) is 0. The lowest BCUT2D eigenvalue weighted by Gasteiger charge is -2.22. The summed E-state index contributed by atoms with van der Waals surface area (Å²) < 4.78 is 16.5. The number of anilines is 1. The molecule has 11 heteroatoms. The number of nitrogens with zero attached hydrogens (tertiary/aromatic N) is 2. The second-order valence-corrected chi connectivity index (χ2v) is 11.2. The predicted molar refractivity (Wildman–Crippen MR) is 145 cm³/mol. The Hall–Kier alpha value is -3.83. The Balaban J connectivity index is 1.26. The summed E-state index contributed by atoms with van der Waals surface area (Å²) in [5, 5.41) is 19.8. The third-order valence-electron chi connectivity index (χ3n) is 6.64. The van der Waals surface area contributed by atoms with Crippen LogP contribution < -0.4 is 19.8 Å². The number of esters is 1. The number of thiophene rings is 1. The van der Waals surface area contributed by atoms with Crippen molar-refractivity contribution in [2.24, 2.45) is 0 Å². The summed E-state index contributed by atoms with van der Waals surface area (Å²) in [4.78, 5) is 26.7.